The van der Waals surface area contributed by atoms with Crippen LogP contribution in [0, 0.1) is 10.1 Å². The van der Waals surface area contributed by atoms with E-state index in [-0.39, 0.29) is 24.1 Å². The predicted octanol–water partition coefficient (Wildman–Crippen LogP) is 2.07. The lowest BCUT2D eigenvalue weighted by atomic mass is 10.3. The van der Waals surface area contributed by atoms with Gasteiger partial charge in [0.2, 0.25) is 0 Å². The van der Waals surface area contributed by atoms with Gasteiger partial charge in [0.1, 0.15) is 0 Å². The lowest BCUT2D eigenvalue weighted by molar-refractivity contribution is -0.383. The van der Waals surface area contributed by atoms with E-state index in [4.69, 9.17) is 5.11 Å². The van der Waals surface area contributed by atoms with E-state index in [0.29, 0.717) is 16.4 Å². The molecule has 0 fully saturated rings. The minimum Gasteiger partial charge on any atom is -0.395 e. The van der Waals surface area contributed by atoms with Crippen molar-refractivity contribution in [2.75, 3.05) is 18.1 Å². The fraction of sp³-hybridized carbons (Fsp3) is 0.545. The van der Waals surface area contributed by atoms with Gasteiger partial charge in [0.25, 0.3) is 0 Å². The molecule has 0 radical (unpaired) electrons. The maximum absolute atomic E-state index is 11.3. The van der Waals surface area contributed by atoms with Crippen molar-refractivity contribution in [1.82, 2.24) is 0 Å². The van der Waals surface area contributed by atoms with Crippen LogP contribution in [0.15, 0.2) is 6.07 Å². The number of Topliss-reactive ketones (excluding diaryl/α,β-unsaturated/α-hetero) is 1. The van der Waals surface area contributed by atoms with Crippen molar-refractivity contribution in [2.45, 2.75) is 26.8 Å². The Kier molecular flexibility index (Phi) is 4.80. The highest BCUT2D eigenvalue weighted by Crippen LogP contribution is 2.38. The summed E-state index contributed by atoms with van der Waals surface area (Å²) in [5.74, 6) is -0.193. The van der Waals surface area contributed by atoms with Gasteiger partial charge in [-0.1, -0.05) is 0 Å². The summed E-state index contributed by atoms with van der Waals surface area (Å²) in [6, 6.07) is 1.31. The Bertz CT molecular complexity index is 456. The molecule has 0 aliphatic rings. The monoisotopic (exact) mass is 272 g/mol. The lowest BCUT2D eigenvalue weighted by Gasteiger charge is -2.25. The minimum atomic E-state index is -0.495. The average Bonchev–Trinajstić information content (AvgIpc) is 2.69. The van der Waals surface area contributed by atoms with E-state index in [1.165, 1.54) is 13.0 Å². The molecule has 100 valence electrons. The van der Waals surface area contributed by atoms with Crippen LogP contribution in [0.25, 0.3) is 0 Å². The molecule has 0 aliphatic heterocycles. The molecule has 7 heteroatoms. The number of carbonyl (C=O) groups is 1. The summed E-state index contributed by atoms with van der Waals surface area (Å²) < 4.78 is 0. The first-order valence-electron chi connectivity index (χ1n) is 5.55. The maximum Gasteiger partial charge on any atom is 0.304 e. The van der Waals surface area contributed by atoms with Crippen LogP contribution in [0.4, 0.5) is 10.7 Å². The zero-order valence-electron chi connectivity index (χ0n) is 10.5. The van der Waals surface area contributed by atoms with Crippen molar-refractivity contribution in [3.63, 3.8) is 0 Å². The number of thiophene rings is 1. The van der Waals surface area contributed by atoms with Gasteiger partial charge < -0.3 is 10.0 Å². The van der Waals surface area contributed by atoms with Crippen LogP contribution in [0.2, 0.25) is 0 Å². The molecule has 0 unspecified atom stereocenters. The molecule has 0 bridgehead atoms. The Morgan fingerprint density at radius 2 is 2.22 bits per heavy atom. The summed E-state index contributed by atoms with van der Waals surface area (Å²) in [5, 5.41) is 20.4. The molecule has 18 heavy (non-hydrogen) atoms. The third-order valence-corrected chi connectivity index (χ3v) is 3.72. The SMILES string of the molecule is CC(=O)c1cc([N+](=O)[O-])c(N(CCO)C(C)C)s1. The van der Waals surface area contributed by atoms with Crippen LogP contribution in [0.1, 0.15) is 30.4 Å². The van der Waals surface area contributed by atoms with E-state index in [9.17, 15) is 14.9 Å². The van der Waals surface area contributed by atoms with Gasteiger partial charge in [-0.25, -0.2) is 0 Å². The molecule has 0 saturated heterocycles. The Labute approximate surface area is 109 Å². The number of nitro groups is 1. The number of nitrogens with zero attached hydrogens (tertiary/aromatic N) is 2. The van der Waals surface area contributed by atoms with Gasteiger partial charge in [0, 0.05) is 18.7 Å². The van der Waals surface area contributed by atoms with Gasteiger partial charge in [-0.2, -0.15) is 0 Å². The average molecular weight is 272 g/mol. The summed E-state index contributed by atoms with van der Waals surface area (Å²) in [6.45, 7) is 5.35. The molecule has 0 aromatic carbocycles. The third kappa shape index (κ3) is 3.05. The Balaban J connectivity index is 3.26. The summed E-state index contributed by atoms with van der Waals surface area (Å²) in [7, 11) is 0. The second-order valence-corrected chi connectivity index (χ2v) is 5.16. The van der Waals surface area contributed by atoms with Crippen LogP contribution < -0.4 is 4.90 Å². The first kappa shape index (κ1) is 14.6. The Hall–Kier alpha value is -1.47. The largest absolute Gasteiger partial charge is 0.395 e. The van der Waals surface area contributed by atoms with Crippen molar-refractivity contribution in [3.8, 4) is 0 Å². The molecule has 0 atom stereocenters. The molecule has 1 N–H and O–H groups in total. The van der Waals surface area contributed by atoms with E-state index >= 15 is 0 Å². The summed E-state index contributed by atoms with van der Waals surface area (Å²) in [4.78, 5) is 23.9. The fourth-order valence-electron chi connectivity index (χ4n) is 1.58. The number of anilines is 1. The van der Waals surface area contributed by atoms with Crippen LogP contribution in [0.3, 0.4) is 0 Å². The van der Waals surface area contributed by atoms with E-state index in [1.54, 1.807) is 4.90 Å². The molecule has 6 nitrogen and oxygen atoms in total. The van der Waals surface area contributed by atoms with Crippen LogP contribution in [-0.4, -0.2) is 35.0 Å². The maximum atomic E-state index is 11.3. The molecular weight excluding hydrogens is 256 g/mol. The zero-order chi connectivity index (χ0) is 13.9. The second-order valence-electron chi connectivity index (χ2n) is 4.13. The first-order chi connectivity index (χ1) is 8.38. The molecule has 1 heterocycles. The summed E-state index contributed by atoms with van der Waals surface area (Å²) in [6.07, 6.45) is 0. The molecule has 0 amide bonds. The molecule has 0 spiro atoms. The standard InChI is InChI=1S/C11H16N2O4S/c1-7(2)12(4-5-14)11-9(13(16)17)6-10(18-11)8(3)15/h6-7,14H,4-5H2,1-3H3. The second kappa shape index (κ2) is 5.92. The third-order valence-electron chi connectivity index (χ3n) is 2.46. The van der Waals surface area contributed by atoms with Gasteiger partial charge in [-0.3, -0.25) is 14.9 Å². The lowest BCUT2D eigenvalue weighted by Crippen LogP contribution is -2.33. The topological polar surface area (TPSA) is 83.7 Å². The van der Waals surface area contributed by atoms with Crippen LogP contribution in [0.5, 0.6) is 0 Å². The Morgan fingerprint density at radius 1 is 1.61 bits per heavy atom. The van der Waals surface area contributed by atoms with Gasteiger partial charge in [0.05, 0.1) is 16.4 Å². The van der Waals surface area contributed by atoms with Crippen molar-refractivity contribution >= 4 is 27.8 Å². The van der Waals surface area contributed by atoms with Gasteiger partial charge in [0.15, 0.2) is 10.8 Å². The molecular formula is C11H16N2O4S. The van der Waals surface area contributed by atoms with Gasteiger partial charge in [-0.05, 0) is 20.8 Å². The van der Waals surface area contributed by atoms with Crippen molar-refractivity contribution < 1.29 is 14.8 Å². The van der Waals surface area contributed by atoms with E-state index < -0.39 is 4.92 Å². The van der Waals surface area contributed by atoms with Crippen molar-refractivity contribution in [1.29, 1.82) is 0 Å². The number of rotatable bonds is 6. The van der Waals surface area contributed by atoms with Gasteiger partial charge >= 0.3 is 5.69 Å². The highest BCUT2D eigenvalue weighted by Gasteiger charge is 2.26. The number of aliphatic hydroxyl groups excluding tert-OH is 1. The summed E-state index contributed by atoms with van der Waals surface area (Å²) in [5.41, 5.74) is -0.0765. The number of hydrogen-bond acceptors (Lipinski definition) is 6. The molecule has 1 aromatic rings. The summed E-state index contributed by atoms with van der Waals surface area (Å²) >= 11 is 1.10. The molecule has 1 rings (SSSR count). The van der Waals surface area contributed by atoms with Gasteiger partial charge in [-0.15, -0.1) is 11.3 Å². The number of aliphatic hydroxyl groups is 1. The Morgan fingerprint density at radius 3 is 2.61 bits per heavy atom. The van der Waals surface area contributed by atoms with E-state index in [0.717, 1.165) is 11.3 Å². The van der Waals surface area contributed by atoms with Crippen LogP contribution in [-0.2, 0) is 0 Å². The first-order valence-corrected chi connectivity index (χ1v) is 6.36. The molecule has 0 saturated carbocycles. The highest BCUT2D eigenvalue weighted by molar-refractivity contribution is 7.18. The number of hydrogen-bond donors (Lipinski definition) is 1. The van der Waals surface area contributed by atoms with Crippen LogP contribution >= 0.6 is 11.3 Å². The van der Waals surface area contributed by atoms with E-state index in [1.807, 2.05) is 13.8 Å². The number of carbonyl (C=O) groups excluding carboxylic acids is 1. The molecule has 0 aliphatic carbocycles. The highest BCUT2D eigenvalue weighted by atomic mass is 32.1. The van der Waals surface area contributed by atoms with Crippen molar-refractivity contribution in [3.05, 3.63) is 21.1 Å². The van der Waals surface area contributed by atoms with E-state index in [2.05, 4.69) is 0 Å². The fourth-order valence-corrected chi connectivity index (χ4v) is 2.76. The zero-order valence-corrected chi connectivity index (χ0v) is 11.4. The smallest absolute Gasteiger partial charge is 0.304 e. The number of ketones is 1. The van der Waals surface area contributed by atoms with Crippen molar-refractivity contribution in [2.24, 2.45) is 0 Å². The predicted molar refractivity (Wildman–Crippen MR) is 70.5 cm³/mol. The quantitative estimate of drug-likeness (QED) is 0.487. The minimum absolute atomic E-state index is 0.00862. The molecule has 1 aromatic heterocycles. The normalized spacial score (nSPS) is 10.7.